The Labute approximate surface area is 161 Å². The van der Waals surface area contributed by atoms with E-state index in [-0.39, 0.29) is 17.6 Å². The van der Waals surface area contributed by atoms with E-state index in [2.05, 4.69) is 20.2 Å². The van der Waals surface area contributed by atoms with E-state index in [4.69, 9.17) is 4.74 Å². The molecular weight excluding hydrogens is 361 g/mol. The highest BCUT2D eigenvalue weighted by molar-refractivity contribution is 5.95. The number of aryl methyl sites for hydroxylation is 1. The number of likely N-dealkylation sites (tertiary alicyclic amines) is 1. The minimum atomic E-state index is -0.382. The molecule has 1 fully saturated rings. The van der Waals surface area contributed by atoms with E-state index in [1.165, 1.54) is 12.1 Å². The zero-order valence-electron chi connectivity index (χ0n) is 15.4. The molecule has 1 saturated heterocycles. The van der Waals surface area contributed by atoms with Crippen LogP contribution in [0, 0.1) is 12.7 Å². The quantitative estimate of drug-likeness (QED) is 0.748. The maximum Gasteiger partial charge on any atom is 0.257 e. The van der Waals surface area contributed by atoms with Gasteiger partial charge in [0.05, 0.1) is 11.8 Å². The van der Waals surface area contributed by atoms with Gasteiger partial charge in [0.25, 0.3) is 5.91 Å². The van der Waals surface area contributed by atoms with Crippen molar-refractivity contribution in [3.05, 3.63) is 65.6 Å². The van der Waals surface area contributed by atoms with Gasteiger partial charge in [-0.15, -0.1) is 0 Å². The first-order valence-electron chi connectivity index (χ1n) is 9.15. The van der Waals surface area contributed by atoms with Crippen molar-refractivity contribution in [3.63, 3.8) is 0 Å². The summed E-state index contributed by atoms with van der Waals surface area (Å²) in [6.07, 6.45) is 6.42. The second-order valence-electron chi connectivity index (χ2n) is 6.81. The first-order chi connectivity index (χ1) is 13.6. The third-order valence-corrected chi connectivity index (χ3v) is 4.86. The highest BCUT2D eigenvalue weighted by Gasteiger charge is 2.29. The summed E-state index contributed by atoms with van der Waals surface area (Å²) in [4.78, 5) is 23.4. The number of halogens is 1. The number of aromatic amines is 1. The SMILES string of the molecule is Cc1[nH]ncc1C(=O)N1CCC[C@@H](c2nccnc2Oc2cccc(F)c2)C1. The van der Waals surface area contributed by atoms with Gasteiger partial charge in [-0.25, -0.2) is 9.37 Å². The minimum Gasteiger partial charge on any atom is -0.437 e. The van der Waals surface area contributed by atoms with Gasteiger partial charge in [0, 0.05) is 43.2 Å². The van der Waals surface area contributed by atoms with E-state index in [0.29, 0.717) is 36.0 Å². The molecule has 2 aromatic heterocycles. The number of rotatable bonds is 4. The van der Waals surface area contributed by atoms with Crippen LogP contribution in [0.1, 0.15) is 40.5 Å². The number of ether oxygens (including phenoxy) is 1. The number of nitrogens with one attached hydrogen (secondary N) is 1. The summed E-state index contributed by atoms with van der Waals surface area (Å²) in [6.45, 7) is 3.03. The highest BCUT2D eigenvalue weighted by atomic mass is 19.1. The lowest BCUT2D eigenvalue weighted by atomic mass is 9.94. The van der Waals surface area contributed by atoms with Crippen molar-refractivity contribution in [1.29, 1.82) is 0 Å². The van der Waals surface area contributed by atoms with Crippen LogP contribution in [-0.2, 0) is 0 Å². The number of H-pyrrole nitrogens is 1. The van der Waals surface area contributed by atoms with Crippen molar-refractivity contribution in [2.24, 2.45) is 0 Å². The van der Waals surface area contributed by atoms with Gasteiger partial charge in [-0.2, -0.15) is 5.10 Å². The van der Waals surface area contributed by atoms with Crippen molar-refractivity contribution in [2.75, 3.05) is 13.1 Å². The molecule has 1 aliphatic heterocycles. The second-order valence-corrected chi connectivity index (χ2v) is 6.81. The van der Waals surface area contributed by atoms with Crippen LogP contribution < -0.4 is 4.74 Å². The first-order valence-corrected chi connectivity index (χ1v) is 9.15. The molecule has 1 aliphatic rings. The number of carbonyl (C=O) groups is 1. The van der Waals surface area contributed by atoms with E-state index in [9.17, 15) is 9.18 Å². The number of piperidine rings is 1. The molecule has 0 radical (unpaired) electrons. The van der Waals surface area contributed by atoms with Crippen LogP contribution in [0.4, 0.5) is 4.39 Å². The third kappa shape index (κ3) is 3.71. The maximum absolute atomic E-state index is 13.5. The summed E-state index contributed by atoms with van der Waals surface area (Å²) >= 11 is 0. The molecule has 1 aromatic carbocycles. The van der Waals surface area contributed by atoms with E-state index >= 15 is 0 Å². The Morgan fingerprint density at radius 3 is 2.96 bits per heavy atom. The summed E-state index contributed by atoms with van der Waals surface area (Å²) in [7, 11) is 0. The number of nitrogens with zero attached hydrogens (tertiary/aromatic N) is 4. The Morgan fingerprint density at radius 2 is 2.18 bits per heavy atom. The Bertz CT molecular complexity index is 990. The molecule has 0 spiro atoms. The van der Waals surface area contributed by atoms with Gasteiger partial charge in [-0.3, -0.25) is 14.9 Å². The number of carbonyl (C=O) groups excluding carboxylic acids is 1. The lowest BCUT2D eigenvalue weighted by Crippen LogP contribution is -2.39. The van der Waals surface area contributed by atoms with Crippen molar-refractivity contribution in [1.82, 2.24) is 25.1 Å². The van der Waals surface area contributed by atoms with Crippen molar-refractivity contribution >= 4 is 5.91 Å². The van der Waals surface area contributed by atoms with E-state index in [0.717, 1.165) is 18.5 Å². The molecule has 1 amide bonds. The van der Waals surface area contributed by atoms with Gasteiger partial charge < -0.3 is 9.64 Å². The number of benzene rings is 1. The number of hydrogen-bond acceptors (Lipinski definition) is 5. The van der Waals surface area contributed by atoms with Gasteiger partial charge in [-0.1, -0.05) is 6.07 Å². The molecule has 0 aliphatic carbocycles. The summed E-state index contributed by atoms with van der Waals surface area (Å²) in [5, 5.41) is 6.74. The van der Waals surface area contributed by atoms with Crippen LogP contribution in [0.5, 0.6) is 11.6 Å². The standard InChI is InChI=1S/C20H20FN5O2/c1-13-17(11-24-25-13)20(27)26-9-3-4-14(12-26)18-19(23-8-7-22-18)28-16-6-2-5-15(21)10-16/h2,5-8,10-11,14H,3-4,9,12H2,1H3,(H,24,25)/t14-/m1/s1. The fourth-order valence-corrected chi connectivity index (χ4v) is 3.46. The Morgan fingerprint density at radius 1 is 1.32 bits per heavy atom. The molecule has 0 unspecified atom stereocenters. The van der Waals surface area contributed by atoms with Crippen LogP contribution in [0.3, 0.4) is 0 Å². The molecule has 3 aromatic rings. The topological polar surface area (TPSA) is 84.0 Å². The van der Waals surface area contributed by atoms with Crippen molar-refractivity contribution in [2.45, 2.75) is 25.7 Å². The fourth-order valence-electron chi connectivity index (χ4n) is 3.46. The number of aromatic nitrogens is 4. The molecule has 8 heteroatoms. The molecule has 0 saturated carbocycles. The second kappa shape index (κ2) is 7.75. The van der Waals surface area contributed by atoms with Crippen LogP contribution in [0.2, 0.25) is 0 Å². The average Bonchev–Trinajstić information content (AvgIpc) is 3.14. The van der Waals surface area contributed by atoms with Gasteiger partial charge in [-0.05, 0) is 31.9 Å². The largest absolute Gasteiger partial charge is 0.437 e. The van der Waals surface area contributed by atoms with E-state index in [1.807, 2.05) is 11.8 Å². The lowest BCUT2D eigenvalue weighted by Gasteiger charge is -2.32. The Hall–Kier alpha value is -3.29. The van der Waals surface area contributed by atoms with Crippen LogP contribution in [-0.4, -0.2) is 44.1 Å². The predicted molar refractivity (Wildman–Crippen MR) is 99.7 cm³/mol. The smallest absolute Gasteiger partial charge is 0.257 e. The summed E-state index contributed by atoms with van der Waals surface area (Å²) in [5.74, 6) is 0.258. The maximum atomic E-state index is 13.5. The average molecular weight is 381 g/mol. The predicted octanol–water partition coefficient (Wildman–Crippen LogP) is 3.46. The Kier molecular flexibility index (Phi) is 5.01. The van der Waals surface area contributed by atoms with Gasteiger partial charge in [0.1, 0.15) is 17.3 Å². The summed E-state index contributed by atoms with van der Waals surface area (Å²) in [6, 6.07) is 5.90. The fraction of sp³-hybridized carbons (Fsp3) is 0.300. The molecule has 3 heterocycles. The number of amides is 1. The van der Waals surface area contributed by atoms with Crippen LogP contribution >= 0.6 is 0 Å². The van der Waals surface area contributed by atoms with Gasteiger partial charge in [0.15, 0.2) is 0 Å². The van der Waals surface area contributed by atoms with E-state index in [1.54, 1.807) is 30.7 Å². The number of hydrogen-bond donors (Lipinski definition) is 1. The summed E-state index contributed by atoms with van der Waals surface area (Å²) in [5.41, 5.74) is 2.01. The normalized spacial score (nSPS) is 16.8. The van der Waals surface area contributed by atoms with Gasteiger partial charge >= 0.3 is 0 Å². The zero-order chi connectivity index (χ0) is 19.5. The van der Waals surface area contributed by atoms with Crippen LogP contribution in [0.15, 0.2) is 42.9 Å². The Balaban J connectivity index is 1.55. The molecule has 4 rings (SSSR count). The molecule has 1 atom stereocenters. The monoisotopic (exact) mass is 381 g/mol. The third-order valence-electron chi connectivity index (χ3n) is 4.86. The minimum absolute atomic E-state index is 0.0119. The highest BCUT2D eigenvalue weighted by Crippen LogP contribution is 2.33. The summed E-state index contributed by atoms with van der Waals surface area (Å²) < 4.78 is 19.3. The molecule has 7 nitrogen and oxygen atoms in total. The first kappa shape index (κ1) is 18.1. The molecule has 0 bridgehead atoms. The molecule has 1 N–H and O–H groups in total. The van der Waals surface area contributed by atoms with E-state index < -0.39 is 0 Å². The van der Waals surface area contributed by atoms with Crippen LogP contribution in [0.25, 0.3) is 0 Å². The molecule has 144 valence electrons. The zero-order valence-corrected chi connectivity index (χ0v) is 15.4. The molecular formula is C20H20FN5O2. The van der Waals surface area contributed by atoms with Gasteiger partial charge in [0.2, 0.25) is 5.88 Å². The lowest BCUT2D eigenvalue weighted by molar-refractivity contribution is 0.0704. The van der Waals surface area contributed by atoms with Crippen molar-refractivity contribution < 1.29 is 13.9 Å². The van der Waals surface area contributed by atoms with Crippen molar-refractivity contribution in [3.8, 4) is 11.6 Å². The molecule has 28 heavy (non-hydrogen) atoms.